The second-order valence-electron chi connectivity index (χ2n) is 8.06. The lowest BCUT2D eigenvalue weighted by atomic mass is 9.94. The van der Waals surface area contributed by atoms with Crippen LogP contribution in [-0.2, 0) is 9.59 Å². The molecule has 0 radical (unpaired) electrons. The first kappa shape index (κ1) is 25.4. The molecule has 0 aromatic heterocycles. The summed E-state index contributed by atoms with van der Waals surface area (Å²) in [5.41, 5.74) is 1.84. The van der Waals surface area contributed by atoms with E-state index >= 15 is 0 Å². The Bertz CT molecular complexity index is 1400. The SMILES string of the molecule is COc1ccc(/C(O)=C2\C(=O)C(=O)N(c3cc(Cl)ccc3C)C2c2ccc(OC)c(OC)c2)cc1Cl. The number of rotatable bonds is 6. The number of Topliss-reactive ketones (excluding diaryl/α,β-unsaturated/α-hetero) is 1. The maximum atomic E-state index is 13.4. The summed E-state index contributed by atoms with van der Waals surface area (Å²) in [6.07, 6.45) is 0. The lowest BCUT2D eigenvalue weighted by Gasteiger charge is -2.27. The average molecular weight is 528 g/mol. The minimum absolute atomic E-state index is 0.104. The quantitative estimate of drug-likeness (QED) is 0.242. The first-order valence-corrected chi connectivity index (χ1v) is 11.6. The van der Waals surface area contributed by atoms with E-state index in [2.05, 4.69) is 0 Å². The van der Waals surface area contributed by atoms with E-state index in [-0.39, 0.29) is 21.9 Å². The fourth-order valence-corrected chi connectivity index (χ4v) is 4.65. The molecule has 0 bridgehead atoms. The fourth-order valence-electron chi connectivity index (χ4n) is 4.23. The average Bonchev–Trinajstić information content (AvgIpc) is 3.14. The van der Waals surface area contributed by atoms with Crippen LogP contribution >= 0.6 is 23.2 Å². The van der Waals surface area contributed by atoms with Gasteiger partial charge in [0, 0.05) is 16.3 Å². The maximum absolute atomic E-state index is 13.4. The van der Waals surface area contributed by atoms with Gasteiger partial charge in [-0.25, -0.2) is 0 Å². The van der Waals surface area contributed by atoms with Crippen molar-refractivity contribution in [1.82, 2.24) is 0 Å². The van der Waals surface area contributed by atoms with E-state index < -0.39 is 17.7 Å². The molecule has 3 aromatic carbocycles. The number of halogens is 2. The van der Waals surface area contributed by atoms with E-state index in [0.29, 0.717) is 33.5 Å². The number of hydrogen-bond donors (Lipinski definition) is 1. The molecule has 1 N–H and O–H groups in total. The lowest BCUT2D eigenvalue weighted by molar-refractivity contribution is -0.132. The van der Waals surface area contributed by atoms with Gasteiger partial charge in [-0.2, -0.15) is 0 Å². The highest BCUT2D eigenvalue weighted by atomic mass is 35.5. The number of nitrogens with zero attached hydrogens (tertiary/aromatic N) is 1. The molecular formula is C27H23Cl2NO6. The van der Waals surface area contributed by atoms with Crippen molar-refractivity contribution in [3.05, 3.63) is 86.9 Å². The van der Waals surface area contributed by atoms with E-state index in [4.69, 9.17) is 37.4 Å². The molecule has 0 spiro atoms. The molecule has 4 rings (SSSR count). The van der Waals surface area contributed by atoms with Crippen LogP contribution in [0.5, 0.6) is 17.2 Å². The minimum atomic E-state index is -0.983. The van der Waals surface area contributed by atoms with Gasteiger partial charge in [-0.1, -0.05) is 35.3 Å². The number of benzene rings is 3. The predicted octanol–water partition coefficient (Wildman–Crippen LogP) is 5.95. The summed E-state index contributed by atoms with van der Waals surface area (Å²) in [6.45, 7) is 1.81. The van der Waals surface area contributed by atoms with Crippen LogP contribution in [0.3, 0.4) is 0 Å². The van der Waals surface area contributed by atoms with Crippen LogP contribution in [0.2, 0.25) is 10.0 Å². The molecule has 3 aromatic rings. The van der Waals surface area contributed by atoms with Crippen LogP contribution < -0.4 is 19.1 Å². The Labute approximate surface area is 218 Å². The van der Waals surface area contributed by atoms with E-state index in [1.165, 1.54) is 32.3 Å². The van der Waals surface area contributed by atoms with E-state index in [1.807, 2.05) is 0 Å². The summed E-state index contributed by atoms with van der Waals surface area (Å²) in [5, 5.41) is 12.0. The first-order valence-electron chi connectivity index (χ1n) is 10.8. The molecule has 186 valence electrons. The number of aryl methyl sites for hydroxylation is 1. The van der Waals surface area contributed by atoms with Crippen molar-refractivity contribution in [2.24, 2.45) is 0 Å². The van der Waals surface area contributed by atoms with Crippen LogP contribution in [0.4, 0.5) is 5.69 Å². The minimum Gasteiger partial charge on any atom is -0.507 e. The summed E-state index contributed by atoms with van der Waals surface area (Å²) in [7, 11) is 4.46. The van der Waals surface area contributed by atoms with E-state index in [9.17, 15) is 14.7 Å². The number of anilines is 1. The van der Waals surface area contributed by atoms with Crippen molar-refractivity contribution in [3.8, 4) is 17.2 Å². The zero-order valence-electron chi connectivity index (χ0n) is 20.0. The van der Waals surface area contributed by atoms with Crippen molar-refractivity contribution in [3.63, 3.8) is 0 Å². The molecule has 1 saturated heterocycles. The Morgan fingerprint density at radius 2 is 1.53 bits per heavy atom. The molecule has 1 fully saturated rings. The summed E-state index contributed by atoms with van der Waals surface area (Å²) < 4.78 is 16.0. The Hall–Kier alpha value is -3.68. The van der Waals surface area contributed by atoms with E-state index in [0.717, 1.165) is 5.56 Å². The highest BCUT2D eigenvalue weighted by Crippen LogP contribution is 2.45. The monoisotopic (exact) mass is 527 g/mol. The van der Waals surface area contributed by atoms with Crippen LogP contribution in [-0.4, -0.2) is 38.1 Å². The number of hydrogen-bond acceptors (Lipinski definition) is 6. The topological polar surface area (TPSA) is 85.3 Å². The van der Waals surface area contributed by atoms with Gasteiger partial charge in [0.25, 0.3) is 11.7 Å². The van der Waals surface area contributed by atoms with E-state index in [1.54, 1.807) is 55.5 Å². The van der Waals surface area contributed by atoms with Crippen molar-refractivity contribution in [2.45, 2.75) is 13.0 Å². The molecule has 1 unspecified atom stereocenters. The largest absolute Gasteiger partial charge is 0.507 e. The van der Waals surface area contributed by atoms with Gasteiger partial charge in [-0.15, -0.1) is 0 Å². The van der Waals surface area contributed by atoms with Gasteiger partial charge in [0.15, 0.2) is 11.5 Å². The number of carbonyl (C=O) groups is 2. The number of carbonyl (C=O) groups excluding carboxylic acids is 2. The Morgan fingerprint density at radius 3 is 2.17 bits per heavy atom. The molecule has 7 nitrogen and oxygen atoms in total. The third kappa shape index (κ3) is 4.36. The third-order valence-electron chi connectivity index (χ3n) is 6.02. The summed E-state index contributed by atoms with van der Waals surface area (Å²) in [6, 6.07) is 13.7. The number of amides is 1. The van der Waals surface area contributed by atoms with Crippen LogP contribution in [0, 0.1) is 6.92 Å². The molecule has 9 heteroatoms. The number of aliphatic hydroxyl groups excluding tert-OH is 1. The Balaban J connectivity index is 2.00. The molecule has 1 amide bonds. The highest BCUT2D eigenvalue weighted by Gasteiger charge is 2.47. The molecule has 1 atom stereocenters. The third-order valence-corrected chi connectivity index (χ3v) is 6.55. The number of methoxy groups -OCH3 is 3. The van der Waals surface area contributed by atoms with Crippen LogP contribution in [0.25, 0.3) is 5.76 Å². The number of ether oxygens (including phenoxy) is 3. The maximum Gasteiger partial charge on any atom is 0.300 e. The standard InChI is InChI=1S/C27H23Cl2NO6/c1-14-5-8-17(28)13-19(14)30-24(15-6-10-21(35-3)22(12-15)36-4)23(26(32)27(30)33)25(31)16-7-9-20(34-2)18(29)11-16/h5-13,24,31H,1-4H3/b25-23+. The first-order chi connectivity index (χ1) is 17.2. The highest BCUT2D eigenvalue weighted by molar-refractivity contribution is 6.52. The molecular weight excluding hydrogens is 505 g/mol. The zero-order chi connectivity index (χ0) is 26.1. The van der Waals surface area contributed by atoms with Crippen LogP contribution in [0.1, 0.15) is 22.7 Å². The van der Waals surface area contributed by atoms with Crippen molar-refractivity contribution in [2.75, 3.05) is 26.2 Å². The number of aliphatic hydroxyl groups is 1. The van der Waals surface area contributed by atoms with Gasteiger partial charge in [-0.05, 0) is 60.5 Å². The van der Waals surface area contributed by atoms with Gasteiger partial charge in [-0.3, -0.25) is 14.5 Å². The molecule has 0 aliphatic carbocycles. The summed E-state index contributed by atoms with van der Waals surface area (Å²) in [4.78, 5) is 28.2. The van der Waals surface area contributed by atoms with Gasteiger partial charge >= 0.3 is 0 Å². The lowest BCUT2D eigenvalue weighted by Crippen LogP contribution is -2.30. The second kappa shape index (κ2) is 10.1. The molecule has 1 aliphatic rings. The molecule has 0 saturated carbocycles. The molecule has 36 heavy (non-hydrogen) atoms. The second-order valence-corrected chi connectivity index (χ2v) is 8.91. The Morgan fingerprint density at radius 1 is 0.861 bits per heavy atom. The predicted molar refractivity (Wildman–Crippen MR) is 139 cm³/mol. The van der Waals surface area contributed by atoms with Crippen molar-refractivity contribution < 1.29 is 28.9 Å². The Kier molecular flexibility index (Phi) is 7.15. The summed E-state index contributed by atoms with van der Waals surface area (Å²) >= 11 is 12.5. The molecule has 1 aliphatic heterocycles. The smallest absolute Gasteiger partial charge is 0.300 e. The molecule has 1 heterocycles. The zero-order valence-corrected chi connectivity index (χ0v) is 21.5. The van der Waals surface area contributed by atoms with Crippen LogP contribution in [0.15, 0.2) is 60.2 Å². The van der Waals surface area contributed by atoms with Crippen molar-refractivity contribution in [1.29, 1.82) is 0 Å². The van der Waals surface area contributed by atoms with Gasteiger partial charge in [0.1, 0.15) is 11.5 Å². The number of ketones is 1. The van der Waals surface area contributed by atoms with Crippen molar-refractivity contribution >= 4 is 46.3 Å². The van der Waals surface area contributed by atoms with Gasteiger partial charge in [0.2, 0.25) is 0 Å². The fraction of sp³-hybridized carbons (Fsp3) is 0.185. The van der Waals surface area contributed by atoms with Gasteiger partial charge in [0.05, 0.1) is 38.0 Å². The van der Waals surface area contributed by atoms with Gasteiger partial charge < -0.3 is 19.3 Å². The normalized spacial score (nSPS) is 16.8. The summed E-state index contributed by atoms with van der Waals surface area (Å²) in [5.74, 6) is -0.755.